The molecule has 1 amide bonds. The summed E-state index contributed by atoms with van der Waals surface area (Å²) in [4.78, 5) is 14.1. The summed E-state index contributed by atoms with van der Waals surface area (Å²) in [6.07, 6.45) is 5.62. The van der Waals surface area contributed by atoms with E-state index >= 15 is 0 Å². The van der Waals surface area contributed by atoms with E-state index in [9.17, 15) is 4.79 Å². The van der Waals surface area contributed by atoms with Crippen molar-refractivity contribution in [3.8, 4) is 0 Å². The summed E-state index contributed by atoms with van der Waals surface area (Å²) >= 11 is 0. The highest BCUT2D eigenvalue weighted by Crippen LogP contribution is 2.43. The maximum Gasteiger partial charge on any atom is 0.228 e. The highest BCUT2D eigenvalue weighted by Gasteiger charge is 2.44. The molecule has 0 radical (unpaired) electrons. The fraction of sp³-hybridized carbons (Fsp3) is 0.909. The van der Waals surface area contributed by atoms with Crippen molar-refractivity contribution >= 4 is 5.91 Å². The van der Waals surface area contributed by atoms with Crippen LogP contribution < -0.4 is 5.73 Å². The van der Waals surface area contributed by atoms with Crippen LogP contribution in [0, 0.1) is 5.41 Å². The van der Waals surface area contributed by atoms with Gasteiger partial charge in [0.1, 0.15) is 0 Å². The third kappa shape index (κ3) is 1.44. The van der Waals surface area contributed by atoms with Gasteiger partial charge in [-0.05, 0) is 19.3 Å². The van der Waals surface area contributed by atoms with Crippen molar-refractivity contribution in [2.75, 3.05) is 13.1 Å². The summed E-state index contributed by atoms with van der Waals surface area (Å²) in [6.45, 7) is 3.70. The monoisotopic (exact) mass is 196 g/mol. The Bertz CT molecular complexity index is 227. The number of carbonyl (C=O) groups excluding carboxylic acids is 1. The SMILES string of the molecule is CCC1(C(=O)N2CC(N)C2)CCCC1. The quantitative estimate of drug-likeness (QED) is 0.719. The summed E-state index contributed by atoms with van der Waals surface area (Å²) in [5.41, 5.74) is 5.68. The predicted octanol–water partition coefficient (Wildman–Crippen LogP) is 1.13. The highest BCUT2D eigenvalue weighted by atomic mass is 16.2. The first kappa shape index (κ1) is 9.97. The van der Waals surface area contributed by atoms with Crippen LogP contribution >= 0.6 is 0 Å². The number of nitrogens with zero attached hydrogens (tertiary/aromatic N) is 1. The molecule has 1 aliphatic carbocycles. The van der Waals surface area contributed by atoms with Crippen molar-refractivity contribution in [1.82, 2.24) is 4.90 Å². The van der Waals surface area contributed by atoms with Crippen molar-refractivity contribution in [3.05, 3.63) is 0 Å². The van der Waals surface area contributed by atoms with Gasteiger partial charge in [0.2, 0.25) is 5.91 Å². The molecule has 1 heterocycles. The van der Waals surface area contributed by atoms with Crippen LogP contribution in [-0.2, 0) is 4.79 Å². The van der Waals surface area contributed by atoms with Crippen molar-refractivity contribution in [2.45, 2.75) is 45.1 Å². The molecule has 1 saturated heterocycles. The molecule has 80 valence electrons. The largest absolute Gasteiger partial charge is 0.339 e. The molecule has 2 N–H and O–H groups in total. The fourth-order valence-corrected chi connectivity index (χ4v) is 2.78. The predicted molar refractivity (Wildman–Crippen MR) is 55.7 cm³/mol. The van der Waals surface area contributed by atoms with E-state index in [4.69, 9.17) is 5.73 Å². The first-order chi connectivity index (χ1) is 6.68. The zero-order valence-electron chi connectivity index (χ0n) is 8.96. The van der Waals surface area contributed by atoms with E-state index in [-0.39, 0.29) is 11.5 Å². The molecule has 3 heteroatoms. The van der Waals surface area contributed by atoms with Gasteiger partial charge in [0.25, 0.3) is 0 Å². The highest BCUT2D eigenvalue weighted by molar-refractivity contribution is 5.83. The second kappa shape index (κ2) is 3.54. The lowest BCUT2D eigenvalue weighted by Gasteiger charge is -2.42. The van der Waals surface area contributed by atoms with E-state index in [0.29, 0.717) is 5.91 Å². The summed E-state index contributed by atoms with van der Waals surface area (Å²) in [7, 11) is 0. The van der Waals surface area contributed by atoms with Crippen LogP contribution in [0.25, 0.3) is 0 Å². The van der Waals surface area contributed by atoms with Gasteiger partial charge in [-0.3, -0.25) is 4.79 Å². The Morgan fingerprint density at radius 2 is 2.00 bits per heavy atom. The summed E-state index contributed by atoms with van der Waals surface area (Å²) in [5, 5.41) is 0. The number of carbonyl (C=O) groups is 1. The van der Waals surface area contributed by atoms with Gasteiger partial charge in [-0.15, -0.1) is 0 Å². The van der Waals surface area contributed by atoms with Crippen LogP contribution in [0.2, 0.25) is 0 Å². The maximum atomic E-state index is 12.2. The Morgan fingerprint density at radius 3 is 2.43 bits per heavy atom. The van der Waals surface area contributed by atoms with Crippen molar-refractivity contribution in [3.63, 3.8) is 0 Å². The Labute approximate surface area is 85.6 Å². The van der Waals surface area contributed by atoms with Gasteiger partial charge in [0, 0.05) is 24.5 Å². The molecular weight excluding hydrogens is 176 g/mol. The molecule has 2 rings (SSSR count). The van der Waals surface area contributed by atoms with E-state index < -0.39 is 0 Å². The molecule has 1 saturated carbocycles. The topological polar surface area (TPSA) is 46.3 Å². The van der Waals surface area contributed by atoms with E-state index in [2.05, 4.69) is 6.92 Å². The lowest BCUT2D eigenvalue weighted by Crippen LogP contribution is -2.60. The number of amides is 1. The summed E-state index contributed by atoms with van der Waals surface area (Å²) < 4.78 is 0. The number of hydrogen-bond acceptors (Lipinski definition) is 2. The second-order valence-electron chi connectivity index (χ2n) is 4.81. The first-order valence-corrected chi connectivity index (χ1v) is 5.73. The molecule has 0 aromatic heterocycles. The third-order valence-electron chi connectivity index (χ3n) is 3.89. The van der Waals surface area contributed by atoms with Crippen molar-refractivity contribution in [1.29, 1.82) is 0 Å². The Balaban J connectivity index is 2.01. The molecule has 0 spiro atoms. The fourth-order valence-electron chi connectivity index (χ4n) is 2.78. The molecule has 2 fully saturated rings. The molecule has 0 atom stereocenters. The zero-order chi connectivity index (χ0) is 10.2. The van der Waals surface area contributed by atoms with Gasteiger partial charge in [-0.25, -0.2) is 0 Å². The Hall–Kier alpha value is -0.570. The number of rotatable bonds is 2. The average molecular weight is 196 g/mol. The molecule has 1 aliphatic heterocycles. The first-order valence-electron chi connectivity index (χ1n) is 5.73. The van der Waals surface area contributed by atoms with E-state index in [1.807, 2.05) is 4.90 Å². The summed E-state index contributed by atoms with van der Waals surface area (Å²) in [6, 6.07) is 0.231. The van der Waals surface area contributed by atoms with E-state index in [1.165, 1.54) is 12.8 Å². The Kier molecular flexibility index (Phi) is 2.52. The number of hydrogen-bond donors (Lipinski definition) is 1. The van der Waals surface area contributed by atoms with Gasteiger partial charge in [-0.1, -0.05) is 19.8 Å². The van der Waals surface area contributed by atoms with Crippen molar-refractivity contribution < 1.29 is 4.79 Å². The molecule has 14 heavy (non-hydrogen) atoms. The normalized spacial score (nSPS) is 26.3. The minimum Gasteiger partial charge on any atom is -0.339 e. The maximum absolute atomic E-state index is 12.2. The van der Waals surface area contributed by atoms with E-state index in [0.717, 1.165) is 32.4 Å². The molecule has 0 bridgehead atoms. The van der Waals surface area contributed by atoms with Gasteiger partial charge < -0.3 is 10.6 Å². The minimum absolute atomic E-state index is 0.0137. The molecule has 0 aromatic rings. The van der Waals surface area contributed by atoms with Gasteiger partial charge >= 0.3 is 0 Å². The lowest BCUT2D eigenvalue weighted by atomic mass is 9.81. The molecule has 2 aliphatic rings. The second-order valence-corrected chi connectivity index (χ2v) is 4.81. The smallest absolute Gasteiger partial charge is 0.228 e. The molecule has 0 unspecified atom stereocenters. The van der Waals surface area contributed by atoms with Crippen LogP contribution in [0.5, 0.6) is 0 Å². The van der Waals surface area contributed by atoms with Gasteiger partial charge in [-0.2, -0.15) is 0 Å². The van der Waals surface area contributed by atoms with Crippen LogP contribution in [0.15, 0.2) is 0 Å². The molecular formula is C11H20N2O. The standard InChI is InChI=1S/C11H20N2O/c1-2-11(5-3-4-6-11)10(14)13-7-9(12)8-13/h9H,2-8,12H2,1H3. The zero-order valence-corrected chi connectivity index (χ0v) is 8.96. The Morgan fingerprint density at radius 1 is 1.43 bits per heavy atom. The van der Waals surface area contributed by atoms with Gasteiger partial charge in [0.15, 0.2) is 0 Å². The average Bonchev–Trinajstić information content (AvgIpc) is 2.61. The number of nitrogens with two attached hydrogens (primary N) is 1. The van der Waals surface area contributed by atoms with Crippen LogP contribution in [0.1, 0.15) is 39.0 Å². The molecule has 3 nitrogen and oxygen atoms in total. The molecule has 0 aromatic carbocycles. The van der Waals surface area contributed by atoms with Crippen molar-refractivity contribution in [2.24, 2.45) is 11.1 Å². The minimum atomic E-state index is -0.0137. The van der Waals surface area contributed by atoms with Crippen LogP contribution in [0.4, 0.5) is 0 Å². The number of likely N-dealkylation sites (tertiary alicyclic amines) is 1. The lowest BCUT2D eigenvalue weighted by molar-refractivity contribution is -0.146. The van der Waals surface area contributed by atoms with E-state index in [1.54, 1.807) is 0 Å². The third-order valence-corrected chi connectivity index (χ3v) is 3.89. The van der Waals surface area contributed by atoms with Crippen LogP contribution in [-0.4, -0.2) is 29.9 Å². The summed E-state index contributed by atoms with van der Waals surface area (Å²) in [5.74, 6) is 0.374. The van der Waals surface area contributed by atoms with Crippen LogP contribution in [0.3, 0.4) is 0 Å². The van der Waals surface area contributed by atoms with Gasteiger partial charge in [0.05, 0.1) is 0 Å².